The molecule has 0 saturated carbocycles. The Kier molecular flexibility index (Phi) is 5.74. The van der Waals surface area contributed by atoms with E-state index in [4.69, 9.17) is 0 Å². The van der Waals surface area contributed by atoms with Crippen LogP contribution in [0.25, 0.3) is 11.3 Å². The summed E-state index contributed by atoms with van der Waals surface area (Å²) >= 11 is 1.86. The molecule has 3 aromatic heterocycles. The van der Waals surface area contributed by atoms with Gasteiger partial charge in [-0.15, -0.1) is 11.3 Å². The van der Waals surface area contributed by atoms with Crippen LogP contribution in [-0.2, 0) is 19.5 Å². The summed E-state index contributed by atoms with van der Waals surface area (Å²) in [5.74, 6) is 0. The van der Waals surface area contributed by atoms with Gasteiger partial charge in [0.15, 0.2) is 0 Å². The maximum absolute atomic E-state index is 13.1. The lowest BCUT2D eigenvalue weighted by atomic mass is 10.0. The molecule has 2 aliphatic heterocycles. The number of rotatable bonds is 4. The summed E-state index contributed by atoms with van der Waals surface area (Å²) in [5, 5.41) is 11.0. The van der Waals surface area contributed by atoms with E-state index in [-0.39, 0.29) is 12.1 Å². The SMILES string of the molecule is Cc1ccc(CN2CCC[C@@H](NC(=O)N3CCc4[nH]nc(-c5ccncc5)c4C3)C2)s1. The lowest BCUT2D eigenvalue weighted by molar-refractivity contribution is 0.161. The third-order valence-electron chi connectivity index (χ3n) is 6.18. The molecule has 0 bridgehead atoms. The van der Waals surface area contributed by atoms with Gasteiger partial charge in [0.1, 0.15) is 0 Å². The van der Waals surface area contributed by atoms with Gasteiger partial charge in [0.25, 0.3) is 0 Å². The van der Waals surface area contributed by atoms with Gasteiger partial charge in [0.05, 0.1) is 12.2 Å². The van der Waals surface area contributed by atoms with Crippen molar-refractivity contribution in [2.45, 2.75) is 45.3 Å². The van der Waals surface area contributed by atoms with Gasteiger partial charge < -0.3 is 10.2 Å². The minimum absolute atomic E-state index is 0.0337. The van der Waals surface area contributed by atoms with Crippen molar-refractivity contribution in [2.75, 3.05) is 19.6 Å². The minimum atomic E-state index is 0.0337. The highest BCUT2D eigenvalue weighted by Crippen LogP contribution is 2.28. The maximum Gasteiger partial charge on any atom is 0.317 e. The van der Waals surface area contributed by atoms with Crippen molar-refractivity contribution in [3.05, 3.63) is 57.7 Å². The molecule has 0 spiro atoms. The molecule has 0 unspecified atom stereocenters. The normalized spacial score (nSPS) is 19.3. The zero-order valence-electron chi connectivity index (χ0n) is 17.8. The summed E-state index contributed by atoms with van der Waals surface area (Å²) in [6.45, 7) is 6.43. The van der Waals surface area contributed by atoms with E-state index in [2.05, 4.69) is 44.5 Å². The van der Waals surface area contributed by atoms with E-state index in [1.54, 1.807) is 12.4 Å². The first-order valence-corrected chi connectivity index (χ1v) is 11.8. The van der Waals surface area contributed by atoms with Crippen LogP contribution in [-0.4, -0.2) is 56.7 Å². The topological polar surface area (TPSA) is 77.2 Å². The Balaban J connectivity index is 1.21. The van der Waals surface area contributed by atoms with Gasteiger partial charge in [-0.2, -0.15) is 5.10 Å². The largest absolute Gasteiger partial charge is 0.334 e. The number of aryl methyl sites for hydroxylation is 1. The second-order valence-corrected chi connectivity index (χ2v) is 9.85. The number of fused-ring (bicyclic) bond motifs is 1. The number of urea groups is 1. The first-order valence-electron chi connectivity index (χ1n) is 11.0. The van der Waals surface area contributed by atoms with E-state index in [1.165, 1.54) is 9.75 Å². The molecule has 2 N–H and O–H groups in total. The van der Waals surface area contributed by atoms with Crippen molar-refractivity contribution in [1.82, 2.24) is 30.3 Å². The number of likely N-dealkylation sites (tertiary alicyclic amines) is 1. The van der Waals surface area contributed by atoms with Crippen LogP contribution in [0.3, 0.4) is 0 Å². The van der Waals surface area contributed by atoms with Crippen molar-refractivity contribution in [2.24, 2.45) is 0 Å². The smallest absolute Gasteiger partial charge is 0.317 e. The number of thiophene rings is 1. The van der Waals surface area contributed by atoms with Gasteiger partial charge >= 0.3 is 6.03 Å². The Morgan fingerprint density at radius 1 is 1.26 bits per heavy atom. The average molecular weight is 437 g/mol. The summed E-state index contributed by atoms with van der Waals surface area (Å²) in [6.07, 6.45) is 6.51. The van der Waals surface area contributed by atoms with Crippen LogP contribution in [0.15, 0.2) is 36.7 Å². The van der Waals surface area contributed by atoms with E-state index in [9.17, 15) is 4.79 Å². The number of carbonyl (C=O) groups is 1. The molecular formula is C23H28N6OS. The number of aromatic nitrogens is 3. The van der Waals surface area contributed by atoms with Gasteiger partial charge in [-0.25, -0.2) is 4.79 Å². The predicted molar refractivity (Wildman–Crippen MR) is 122 cm³/mol. The summed E-state index contributed by atoms with van der Waals surface area (Å²) in [6, 6.07) is 8.56. The number of piperidine rings is 1. The van der Waals surface area contributed by atoms with Crippen LogP contribution >= 0.6 is 11.3 Å². The number of amides is 2. The summed E-state index contributed by atoms with van der Waals surface area (Å²) < 4.78 is 0. The molecule has 2 amide bonds. The lowest BCUT2D eigenvalue weighted by Gasteiger charge is -2.35. The third kappa shape index (κ3) is 4.50. The van der Waals surface area contributed by atoms with Gasteiger partial charge in [-0.3, -0.25) is 15.0 Å². The van der Waals surface area contributed by atoms with Gasteiger partial charge in [0, 0.05) is 71.1 Å². The number of pyridine rings is 1. The first-order chi connectivity index (χ1) is 15.2. The van der Waals surface area contributed by atoms with Gasteiger partial charge in [-0.05, 0) is 50.6 Å². The summed E-state index contributed by atoms with van der Waals surface area (Å²) in [7, 11) is 0. The van der Waals surface area contributed by atoms with Crippen molar-refractivity contribution < 1.29 is 4.79 Å². The molecule has 7 nitrogen and oxygen atoms in total. The van der Waals surface area contributed by atoms with E-state index in [1.807, 2.05) is 28.4 Å². The zero-order valence-corrected chi connectivity index (χ0v) is 18.6. The molecule has 3 aromatic rings. The third-order valence-corrected chi connectivity index (χ3v) is 7.17. The van der Waals surface area contributed by atoms with Crippen LogP contribution < -0.4 is 5.32 Å². The molecule has 1 atom stereocenters. The molecule has 0 aromatic carbocycles. The van der Waals surface area contributed by atoms with Crippen LogP contribution in [0, 0.1) is 6.92 Å². The fraction of sp³-hybridized carbons (Fsp3) is 0.435. The highest BCUT2D eigenvalue weighted by atomic mass is 32.1. The average Bonchev–Trinajstić information content (AvgIpc) is 3.40. The zero-order chi connectivity index (χ0) is 21.2. The summed E-state index contributed by atoms with van der Waals surface area (Å²) in [4.78, 5) is 24.3. The highest BCUT2D eigenvalue weighted by molar-refractivity contribution is 7.11. The number of nitrogens with zero attached hydrogens (tertiary/aromatic N) is 4. The lowest BCUT2D eigenvalue weighted by Crippen LogP contribution is -2.52. The number of nitrogens with one attached hydrogen (secondary N) is 2. The Hall–Kier alpha value is -2.71. The van der Waals surface area contributed by atoms with E-state index in [0.717, 1.165) is 61.4 Å². The summed E-state index contributed by atoms with van der Waals surface area (Å²) in [5.41, 5.74) is 4.20. The van der Waals surface area contributed by atoms with Crippen LogP contribution in [0.5, 0.6) is 0 Å². The molecule has 0 radical (unpaired) electrons. The molecule has 1 fully saturated rings. The quantitative estimate of drug-likeness (QED) is 0.655. The fourth-order valence-electron chi connectivity index (χ4n) is 4.59. The molecule has 1 saturated heterocycles. The molecular weight excluding hydrogens is 408 g/mol. The number of hydrogen-bond donors (Lipinski definition) is 2. The van der Waals surface area contributed by atoms with Crippen molar-refractivity contribution in [3.63, 3.8) is 0 Å². The van der Waals surface area contributed by atoms with E-state index >= 15 is 0 Å². The molecule has 5 rings (SSSR count). The number of aromatic amines is 1. The van der Waals surface area contributed by atoms with Crippen molar-refractivity contribution in [3.8, 4) is 11.3 Å². The Labute approximate surface area is 186 Å². The minimum Gasteiger partial charge on any atom is -0.334 e. The number of carbonyl (C=O) groups excluding carboxylic acids is 1. The fourth-order valence-corrected chi connectivity index (χ4v) is 5.52. The van der Waals surface area contributed by atoms with Crippen molar-refractivity contribution in [1.29, 1.82) is 0 Å². The highest BCUT2D eigenvalue weighted by Gasteiger charge is 2.28. The second kappa shape index (κ2) is 8.80. The first kappa shape index (κ1) is 20.2. The molecule has 5 heterocycles. The Bertz CT molecular complexity index is 1050. The standard InChI is InChI=1S/C23H28N6OS/c1-16-4-5-19(31-16)14-28-11-2-3-18(13-28)25-23(30)29-12-8-21-20(15-29)22(27-26-21)17-6-9-24-10-7-17/h4-7,9-10,18H,2-3,8,11-15H2,1H3,(H,25,30)(H,26,27)/t18-/m1/s1. The van der Waals surface area contributed by atoms with Crippen molar-refractivity contribution >= 4 is 17.4 Å². The van der Waals surface area contributed by atoms with Crippen LogP contribution in [0.1, 0.15) is 33.9 Å². The van der Waals surface area contributed by atoms with Crippen LogP contribution in [0.4, 0.5) is 4.79 Å². The Morgan fingerprint density at radius 2 is 2.13 bits per heavy atom. The maximum atomic E-state index is 13.1. The molecule has 0 aliphatic carbocycles. The van der Waals surface area contributed by atoms with Crippen LogP contribution in [0.2, 0.25) is 0 Å². The molecule has 162 valence electrons. The monoisotopic (exact) mass is 436 g/mol. The second-order valence-electron chi connectivity index (χ2n) is 8.47. The number of H-pyrrole nitrogens is 1. The van der Waals surface area contributed by atoms with E-state index in [0.29, 0.717) is 13.1 Å². The predicted octanol–water partition coefficient (Wildman–Crippen LogP) is 3.57. The Morgan fingerprint density at radius 3 is 2.94 bits per heavy atom. The van der Waals surface area contributed by atoms with E-state index < -0.39 is 0 Å². The number of hydrogen-bond acceptors (Lipinski definition) is 5. The van der Waals surface area contributed by atoms with Gasteiger partial charge in [-0.1, -0.05) is 0 Å². The molecule has 31 heavy (non-hydrogen) atoms. The molecule has 2 aliphatic rings. The molecule has 8 heteroatoms. The van der Waals surface area contributed by atoms with Gasteiger partial charge in [0.2, 0.25) is 0 Å².